The predicted octanol–water partition coefficient (Wildman–Crippen LogP) is 1.21. The molecule has 0 spiro atoms. The van der Waals surface area contributed by atoms with Crippen molar-refractivity contribution in [1.82, 2.24) is 5.32 Å². The first-order valence-electron chi connectivity index (χ1n) is 6.20. The molecule has 1 aromatic rings. The van der Waals surface area contributed by atoms with Gasteiger partial charge in [0, 0.05) is 13.2 Å². The summed E-state index contributed by atoms with van der Waals surface area (Å²) in [5.74, 6) is -1.20. The number of ether oxygens (including phenoxy) is 1. The number of amides is 1. The van der Waals surface area contributed by atoms with Gasteiger partial charge in [-0.2, -0.15) is 0 Å². The van der Waals surface area contributed by atoms with E-state index in [1.165, 1.54) is 12.3 Å². The third-order valence-corrected chi connectivity index (χ3v) is 3.23. The molecule has 0 aromatic carbocycles. The first-order valence-corrected chi connectivity index (χ1v) is 6.20. The number of carboxylic acids is 1. The maximum atomic E-state index is 12.0. The molecule has 1 amide bonds. The first kappa shape index (κ1) is 13.6. The molecule has 104 valence electrons. The van der Waals surface area contributed by atoms with Crippen molar-refractivity contribution in [1.29, 1.82) is 0 Å². The Morgan fingerprint density at radius 1 is 1.53 bits per heavy atom. The van der Waals surface area contributed by atoms with Crippen LogP contribution < -0.4 is 5.32 Å². The van der Waals surface area contributed by atoms with Crippen LogP contribution in [0.3, 0.4) is 0 Å². The third-order valence-electron chi connectivity index (χ3n) is 3.23. The van der Waals surface area contributed by atoms with Gasteiger partial charge in [0.05, 0.1) is 17.4 Å². The van der Waals surface area contributed by atoms with E-state index in [0.29, 0.717) is 13.2 Å². The van der Waals surface area contributed by atoms with Crippen molar-refractivity contribution in [3.63, 3.8) is 0 Å². The summed E-state index contributed by atoms with van der Waals surface area (Å²) < 4.78 is 10.6. The number of aliphatic carboxylic acids is 1. The molecule has 0 radical (unpaired) electrons. The minimum atomic E-state index is -1.03. The van der Waals surface area contributed by atoms with Crippen molar-refractivity contribution in [3.8, 4) is 0 Å². The Balaban J connectivity index is 1.96. The first-order chi connectivity index (χ1) is 9.00. The van der Waals surface area contributed by atoms with Crippen molar-refractivity contribution >= 4 is 11.9 Å². The molecule has 1 atom stereocenters. The zero-order chi connectivity index (χ0) is 13.9. The quantitative estimate of drug-likeness (QED) is 0.837. The Morgan fingerprint density at radius 2 is 2.32 bits per heavy atom. The van der Waals surface area contributed by atoms with Crippen LogP contribution in [0, 0.1) is 0 Å². The van der Waals surface area contributed by atoms with Gasteiger partial charge in [-0.3, -0.25) is 9.59 Å². The molecule has 2 N–H and O–H groups in total. The molecule has 1 unspecified atom stereocenters. The van der Waals surface area contributed by atoms with Gasteiger partial charge in [0.15, 0.2) is 0 Å². The summed E-state index contributed by atoms with van der Waals surface area (Å²) in [5.41, 5.74) is -0.0594. The number of hydrogen-bond acceptors (Lipinski definition) is 4. The van der Waals surface area contributed by atoms with Gasteiger partial charge in [-0.1, -0.05) is 0 Å². The zero-order valence-corrected chi connectivity index (χ0v) is 10.8. The van der Waals surface area contributed by atoms with E-state index in [4.69, 9.17) is 14.3 Å². The molecule has 6 heteroatoms. The molecule has 1 saturated heterocycles. The standard InChI is InChI=1S/C13H17NO5/c1-13(4-2-5-19-13)8-14-12(17)9-3-6-18-10(9)7-11(15)16/h3,6H,2,4-5,7-8H2,1H3,(H,14,17)(H,15,16). The normalized spacial score (nSPS) is 22.4. The highest BCUT2D eigenvalue weighted by Crippen LogP contribution is 2.24. The fourth-order valence-corrected chi connectivity index (χ4v) is 2.16. The van der Waals surface area contributed by atoms with E-state index in [9.17, 15) is 9.59 Å². The van der Waals surface area contributed by atoms with E-state index in [-0.39, 0.29) is 29.3 Å². The second-order valence-corrected chi connectivity index (χ2v) is 4.91. The smallest absolute Gasteiger partial charge is 0.311 e. The topological polar surface area (TPSA) is 88.8 Å². The van der Waals surface area contributed by atoms with Crippen LogP contribution >= 0.6 is 0 Å². The number of nitrogens with one attached hydrogen (secondary N) is 1. The van der Waals surface area contributed by atoms with Gasteiger partial charge < -0.3 is 19.6 Å². The Morgan fingerprint density at radius 3 is 2.95 bits per heavy atom. The molecule has 0 saturated carbocycles. The summed E-state index contributed by atoms with van der Waals surface area (Å²) in [4.78, 5) is 22.6. The Bertz CT molecular complexity index is 473. The summed E-state index contributed by atoms with van der Waals surface area (Å²) in [6.45, 7) is 3.07. The van der Waals surface area contributed by atoms with Crippen molar-refractivity contribution in [3.05, 3.63) is 23.7 Å². The monoisotopic (exact) mass is 267 g/mol. The lowest BCUT2D eigenvalue weighted by molar-refractivity contribution is -0.136. The Labute approximate surface area is 110 Å². The molecule has 0 aliphatic carbocycles. The summed E-state index contributed by atoms with van der Waals surface area (Å²) in [6.07, 6.45) is 2.91. The molecular weight excluding hydrogens is 250 g/mol. The van der Waals surface area contributed by atoms with E-state index >= 15 is 0 Å². The van der Waals surface area contributed by atoms with Crippen molar-refractivity contribution in [2.45, 2.75) is 31.8 Å². The molecular formula is C13H17NO5. The fraction of sp³-hybridized carbons (Fsp3) is 0.538. The van der Waals surface area contributed by atoms with E-state index in [0.717, 1.165) is 12.8 Å². The summed E-state index contributed by atoms with van der Waals surface area (Å²) in [7, 11) is 0. The number of carbonyl (C=O) groups excluding carboxylic acids is 1. The highest BCUT2D eigenvalue weighted by Gasteiger charge is 2.30. The van der Waals surface area contributed by atoms with Gasteiger partial charge in [0.2, 0.25) is 0 Å². The van der Waals surface area contributed by atoms with Crippen LogP contribution in [-0.2, 0) is 16.0 Å². The molecule has 19 heavy (non-hydrogen) atoms. The minimum absolute atomic E-state index is 0.169. The summed E-state index contributed by atoms with van der Waals surface area (Å²) in [5, 5.41) is 11.5. The van der Waals surface area contributed by atoms with Gasteiger partial charge in [-0.05, 0) is 25.8 Å². The second kappa shape index (κ2) is 5.44. The van der Waals surface area contributed by atoms with E-state index in [1.54, 1.807) is 0 Å². The van der Waals surface area contributed by atoms with E-state index < -0.39 is 5.97 Å². The molecule has 2 heterocycles. The van der Waals surface area contributed by atoms with Gasteiger partial charge in [0.25, 0.3) is 5.91 Å². The number of hydrogen-bond donors (Lipinski definition) is 2. The lowest BCUT2D eigenvalue weighted by atomic mass is 10.0. The summed E-state index contributed by atoms with van der Waals surface area (Å²) in [6, 6.07) is 1.48. The van der Waals surface area contributed by atoms with Gasteiger partial charge in [0.1, 0.15) is 12.2 Å². The number of furan rings is 1. The van der Waals surface area contributed by atoms with Crippen LogP contribution in [0.4, 0.5) is 0 Å². The van der Waals surface area contributed by atoms with Crippen molar-refractivity contribution in [2.24, 2.45) is 0 Å². The van der Waals surface area contributed by atoms with Crippen LogP contribution in [0.25, 0.3) is 0 Å². The average Bonchev–Trinajstić information content (AvgIpc) is 2.95. The highest BCUT2D eigenvalue weighted by molar-refractivity contribution is 5.96. The molecule has 0 bridgehead atoms. The fourth-order valence-electron chi connectivity index (χ4n) is 2.16. The number of carboxylic acid groups (broad SMARTS) is 1. The molecule has 1 aliphatic rings. The van der Waals surface area contributed by atoms with Gasteiger partial charge >= 0.3 is 5.97 Å². The van der Waals surface area contributed by atoms with Crippen molar-refractivity contribution in [2.75, 3.05) is 13.2 Å². The van der Waals surface area contributed by atoms with Crippen LogP contribution in [0.2, 0.25) is 0 Å². The minimum Gasteiger partial charge on any atom is -0.481 e. The highest BCUT2D eigenvalue weighted by atomic mass is 16.5. The third kappa shape index (κ3) is 3.35. The zero-order valence-electron chi connectivity index (χ0n) is 10.8. The lowest BCUT2D eigenvalue weighted by Crippen LogP contribution is -2.40. The van der Waals surface area contributed by atoms with Crippen LogP contribution in [0.5, 0.6) is 0 Å². The second-order valence-electron chi connectivity index (χ2n) is 4.91. The summed E-state index contributed by atoms with van der Waals surface area (Å²) >= 11 is 0. The number of carbonyl (C=O) groups is 2. The molecule has 1 fully saturated rings. The predicted molar refractivity (Wildman–Crippen MR) is 66.0 cm³/mol. The van der Waals surface area contributed by atoms with Crippen LogP contribution in [0.1, 0.15) is 35.9 Å². The van der Waals surface area contributed by atoms with Gasteiger partial charge in [-0.25, -0.2) is 0 Å². The maximum absolute atomic E-state index is 12.0. The molecule has 6 nitrogen and oxygen atoms in total. The molecule has 1 aliphatic heterocycles. The van der Waals surface area contributed by atoms with Crippen LogP contribution in [0.15, 0.2) is 16.7 Å². The Kier molecular flexibility index (Phi) is 3.90. The van der Waals surface area contributed by atoms with Gasteiger partial charge in [-0.15, -0.1) is 0 Å². The number of rotatable bonds is 5. The van der Waals surface area contributed by atoms with Crippen molar-refractivity contribution < 1.29 is 23.8 Å². The largest absolute Gasteiger partial charge is 0.481 e. The lowest BCUT2D eigenvalue weighted by Gasteiger charge is -2.23. The Hall–Kier alpha value is -1.82. The average molecular weight is 267 g/mol. The molecule has 1 aromatic heterocycles. The van der Waals surface area contributed by atoms with E-state index in [2.05, 4.69) is 5.32 Å². The maximum Gasteiger partial charge on any atom is 0.311 e. The molecule has 2 rings (SSSR count). The van der Waals surface area contributed by atoms with Crippen LogP contribution in [-0.4, -0.2) is 35.7 Å². The SMILES string of the molecule is CC1(CNC(=O)c2ccoc2CC(=O)O)CCCO1. The van der Waals surface area contributed by atoms with E-state index in [1.807, 2.05) is 6.92 Å².